The third-order valence-electron chi connectivity index (χ3n) is 4.11. The number of hydrogen-bond donors (Lipinski definition) is 1. The molecular formula is C16H24N4O2S. The summed E-state index contributed by atoms with van der Waals surface area (Å²) in [4.78, 5) is 3.87. The molecule has 126 valence electrons. The number of hydrogen-bond acceptors (Lipinski definition) is 7. The molecule has 1 aliphatic heterocycles. The molecule has 0 radical (unpaired) electrons. The molecule has 2 aromatic heterocycles. The van der Waals surface area contributed by atoms with Crippen LogP contribution in [0.5, 0.6) is 0 Å². The second kappa shape index (κ2) is 7.53. The monoisotopic (exact) mass is 336 g/mol. The first-order valence-corrected chi connectivity index (χ1v) is 8.94. The highest BCUT2D eigenvalue weighted by atomic mass is 32.1. The number of aromatic nitrogens is 2. The summed E-state index contributed by atoms with van der Waals surface area (Å²) in [6.07, 6.45) is 0.280. The lowest BCUT2D eigenvalue weighted by Crippen LogP contribution is -2.45. The summed E-state index contributed by atoms with van der Waals surface area (Å²) in [5, 5.41) is 13.7. The van der Waals surface area contributed by atoms with Crippen LogP contribution in [0, 0.1) is 6.92 Å². The molecule has 3 heterocycles. The molecule has 0 unspecified atom stereocenters. The number of rotatable bonds is 6. The van der Waals surface area contributed by atoms with Crippen molar-refractivity contribution in [3.8, 4) is 0 Å². The Morgan fingerprint density at radius 3 is 3.00 bits per heavy atom. The summed E-state index contributed by atoms with van der Waals surface area (Å²) in [6.45, 7) is 9.56. The van der Waals surface area contributed by atoms with Gasteiger partial charge in [0.2, 0.25) is 11.8 Å². The van der Waals surface area contributed by atoms with Crippen LogP contribution in [0.3, 0.4) is 0 Å². The number of nitrogens with zero attached hydrogens (tertiary/aromatic N) is 3. The highest BCUT2D eigenvalue weighted by molar-refractivity contribution is 7.10. The fraction of sp³-hybridized carbons (Fsp3) is 0.625. The minimum absolute atomic E-state index is 0.0390. The maximum Gasteiger partial charge on any atom is 0.233 e. The van der Waals surface area contributed by atoms with Gasteiger partial charge in [0, 0.05) is 31.4 Å². The largest absolute Gasteiger partial charge is 0.424 e. The van der Waals surface area contributed by atoms with Crippen LogP contribution in [0.25, 0.3) is 0 Å². The molecule has 1 fully saturated rings. The van der Waals surface area contributed by atoms with E-state index in [0.717, 1.165) is 26.2 Å². The molecule has 3 rings (SSSR count). The van der Waals surface area contributed by atoms with Crippen molar-refractivity contribution < 1.29 is 9.15 Å². The van der Waals surface area contributed by atoms with Crippen molar-refractivity contribution in [2.45, 2.75) is 39.0 Å². The quantitative estimate of drug-likeness (QED) is 0.875. The van der Waals surface area contributed by atoms with Crippen molar-refractivity contribution in [3.05, 3.63) is 34.2 Å². The smallest absolute Gasteiger partial charge is 0.233 e. The van der Waals surface area contributed by atoms with Crippen molar-refractivity contribution in [3.63, 3.8) is 0 Å². The maximum atomic E-state index is 5.68. The number of aryl methyl sites for hydroxylation is 1. The Bertz CT molecular complexity index is 601. The zero-order valence-electron chi connectivity index (χ0n) is 13.9. The summed E-state index contributed by atoms with van der Waals surface area (Å²) in [7, 11) is 0. The van der Waals surface area contributed by atoms with Crippen LogP contribution in [0.15, 0.2) is 21.9 Å². The molecule has 6 nitrogen and oxygen atoms in total. The molecule has 0 saturated carbocycles. The SMILES string of the molecule is Cc1nnc([C@H](C)NC[C@@H](c2cccs2)N2CCO[C@H](C)C2)o1. The van der Waals surface area contributed by atoms with Gasteiger partial charge in [0.15, 0.2) is 0 Å². The molecule has 2 aromatic rings. The van der Waals surface area contributed by atoms with Crippen molar-refractivity contribution >= 4 is 11.3 Å². The van der Waals surface area contributed by atoms with E-state index < -0.39 is 0 Å². The topological polar surface area (TPSA) is 63.4 Å². The lowest BCUT2D eigenvalue weighted by atomic mass is 10.1. The van der Waals surface area contributed by atoms with Gasteiger partial charge < -0.3 is 14.5 Å². The lowest BCUT2D eigenvalue weighted by Gasteiger charge is -2.37. The van der Waals surface area contributed by atoms with Gasteiger partial charge in [0.05, 0.1) is 24.8 Å². The number of ether oxygens (including phenoxy) is 1. The van der Waals surface area contributed by atoms with E-state index in [4.69, 9.17) is 9.15 Å². The molecule has 3 atom stereocenters. The zero-order valence-corrected chi connectivity index (χ0v) is 14.7. The molecule has 1 aliphatic rings. The summed E-state index contributed by atoms with van der Waals surface area (Å²) in [5.74, 6) is 1.24. The van der Waals surface area contributed by atoms with Crippen molar-refractivity contribution in [2.24, 2.45) is 0 Å². The van der Waals surface area contributed by atoms with Crippen molar-refractivity contribution in [1.82, 2.24) is 20.4 Å². The van der Waals surface area contributed by atoms with Gasteiger partial charge in [-0.25, -0.2) is 0 Å². The minimum Gasteiger partial charge on any atom is -0.424 e. The van der Waals surface area contributed by atoms with E-state index in [1.165, 1.54) is 4.88 Å². The van der Waals surface area contributed by atoms with E-state index >= 15 is 0 Å². The average molecular weight is 336 g/mol. The maximum absolute atomic E-state index is 5.68. The fourth-order valence-electron chi connectivity index (χ4n) is 2.88. The third-order valence-corrected chi connectivity index (χ3v) is 5.09. The fourth-order valence-corrected chi connectivity index (χ4v) is 3.74. The first kappa shape index (κ1) is 16.6. The summed E-state index contributed by atoms with van der Waals surface area (Å²) in [6, 6.07) is 4.70. The Morgan fingerprint density at radius 2 is 2.35 bits per heavy atom. The Hall–Kier alpha value is -1.28. The number of morpholine rings is 1. The van der Waals surface area contributed by atoms with Crippen LogP contribution in [-0.4, -0.2) is 47.4 Å². The Balaban J connectivity index is 1.66. The second-order valence-corrected chi connectivity index (χ2v) is 6.98. The molecule has 0 aliphatic carbocycles. The molecule has 0 spiro atoms. The van der Waals surface area contributed by atoms with E-state index in [9.17, 15) is 0 Å². The normalized spacial score (nSPS) is 22.1. The van der Waals surface area contributed by atoms with Crippen molar-refractivity contribution in [2.75, 3.05) is 26.2 Å². The first-order valence-electron chi connectivity index (χ1n) is 8.06. The van der Waals surface area contributed by atoms with Gasteiger partial charge in [-0.15, -0.1) is 21.5 Å². The van der Waals surface area contributed by atoms with Gasteiger partial charge in [-0.3, -0.25) is 4.90 Å². The molecule has 1 N–H and O–H groups in total. The zero-order chi connectivity index (χ0) is 16.2. The molecule has 0 aromatic carbocycles. The van der Waals surface area contributed by atoms with Gasteiger partial charge >= 0.3 is 0 Å². The Labute approximate surface area is 140 Å². The van der Waals surface area contributed by atoms with Crippen LogP contribution in [0.2, 0.25) is 0 Å². The highest BCUT2D eigenvalue weighted by Crippen LogP contribution is 2.27. The molecule has 0 bridgehead atoms. The Morgan fingerprint density at radius 1 is 1.48 bits per heavy atom. The lowest BCUT2D eigenvalue weighted by molar-refractivity contribution is -0.0342. The summed E-state index contributed by atoms with van der Waals surface area (Å²) < 4.78 is 11.2. The molecule has 0 amide bonds. The molecular weight excluding hydrogens is 312 g/mol. The van der Waals surface area contributed by atoms with E-state index in [2.05, 4.69) is 51.8 Å². The highest BCUT2D eigenvalue weighted by Gasteiger charge is 2.27. The van der Waals surface area contributed by atoms with Crippen LogP contribution in [0.4, 0.5) is 0 Å². The summed E-state index contributed by atoms with van der Waals surface area (Å²) in [5.41, 5.74) is 0. The predicted octanol–water partition coefficient (Wildman–Crippen LogP) is 2.55. The molecule has 1 saturated heterocycles. The van der Waals surface area contributed by atoms with E-state index in [-0.39, 0.29) is 12.1 Å². The molecule has 7 heteroatoms. The minimum atomic E-state index is 0.0390. The van der Waals surface area contributed by atoms with Gasteiger partial charge in [0.25, 0.3) is 0 Å². The van der Waals surface area contributed by atoms with E-state index in [1.807, 2.05) is 6.92 Å². The average Bonchev–Trinajstić information content (AvgIpc) is 3.19. The van der Waals surface area contributed by atoms with E-state index in [1.54, 1.807) is 11.3 Å². The van der Waals surface area contributed by atoms with Crippen LogP contribution < -0.4 is 5.32 Å². The number of nitrogens with one attached hydrogen (secondary N) is 1. The van der Waals surface area contributed by atoms with Gasteiger partial charge in [0.1, 0.15) is 0 Å². The second-order valence-electron chi connectivity index (χ2n) is 6.00. The van der Waals surface area contributed by atoms with Crippen LogP contribution >= 0.6 is 11.3 Å². The van der Waals surface area contributed by atoms with Crippen LogP contribution in [0.1, 0.15) is 42.6 Å². The van der Waals surface area contributed by atoms with Crippen LogP contribution in [-0.2, 0) is 4.74 Å². The molecule has 23 heavy (non-hydrogen) atoms. The summed E-state index contributed by atoms with van der Waals surface area (Å²) >= 11 is 1.80. The number of thiophene rings is 1. The predicted molar refractivity (Wildman–Crippen MR) is 89.5 cm³/mol. The standard InChI is InChI=1S/C16H24N4O2S/c1-11-10-20(6-7-21-11)14(15-5-4-8-23-15)9-17-12(2)16-19-18-13(3)22-16/h4-5,8,11-12,14,17H,6-7,9-10H2,1-3H3/t11-,12+,14+/m1/s1. The van der Waals surface area contributed by atoms with Gasteiger partial charge in [-0.2, -0.15) is 0 Å². The Kier molecular flexibility index (Phi) is 5.42. The van der Waals surface area contributed by atoms with Crippen molar-refractivity contribution in [1.29, 1.82) is 0 Å². The van der Waals surface area contributed by atoms with Gasteiger partial charge in [-0.1, -0.05) is 6.07 Å². The first-order chi connectivity index (χ1) is 11.1. The third kappa shape index (κ3) is 4.17. The van der Waals surface area contributed by atoms with Gasteiger partial charge in [-0.05, 0) is 25.3 Å². The van der Waals surface area contributed by atoms with E-state index in [0.29, 0.717) is 17.8 Å².